The number of nitrogen functional groups attached to an aromatic ring is 1. The molecule has 0 aliphatic carbocycles. The number of hydrogen-bond donors (Lipinski definition) is 1. The lowest BCUT2D eigenvalue weighted by Gasteiger charge is -2.08. The highest BCUT2D eigenvalue weighted by Crippen LogP contribution is 2.17. The SMILES string of the molecule is Nc1cc(F)ccc1COc1ccccc1. The molecule has 0 spiro atoms. The molecule has 0 aliphatic rings. The molecule has 2 nitrogen and oxygen atoms in total. The van der Waals surface area contributed by atoms with E-state index in [2.05, 4.69) is 0 Å². The molecule has 2 aromatic carbocycles. The number of rotatable bonds is 3. The maximum Gasteiger partial charge on any atom is 0.125 e. The number of nitrogens with two attached hydrogens (primary N) is 1. The Hall–Kier alpha value is -2.03. The van der Waals surface area contributed by atoms with Gasteiger partial charge in [0.25, 0.3) is 0 Å². The van der Waals surface area contributed by atoms with Gasteiger partial charge in [0.1, 0.15) is 18.2 Å². The Kier molecular flexibility index (Phi) is 3.05. The first kappa shape index (κ1) is 10.5. The molecule has 82 valence electrons. The van der Waals surface area contributed by atoms with Gasteiger partial charge < -0.3 is 10.5 Å². The van der Waals surface area contributed by atoms with Crippen molar-refractivity contribution in [3.63, 3.8) is 0 Å². The fraction of sp³-hybridized carbons (Fsp3) is 0.0769. The monoisotopic (exact) mass is 217 g/mol. The standard InChI is InChI=1S/C13H12FNO/c14-11-7-6-10(13(15)8-11)9-16-12-4-2-1-3-5-12/h1-8H,9,15H2. The first-order valence-corrected chi connectivity index (χ1v) is 4.97. The molecule has 0 heterocycles. The first-order chi connectivity index (χ1) is 7.75. The molecule has 0 saturated carbocycles. The Labute approximate surface area is 93.5 Å². The highest BCUT2D eigenvalue weighted by atomic mass is 19.1. The summed E-state index contributed by atoms with van der Waals surface area (Å²) in [4.78, 5) is 0. The molecule has 0 bridgehead atoms. The second-order valence-electron chi connectivity index (χ2n) is 3.44. The Balaban J connectivity index is 2.05. The molecule has 0 atom stereocenters. The van der Waals surface area contributed by atoms with Crippen LogP contribution in [0.3, 0.4) is 0 Å². The van der Waals surface area contributed by atoms with E-state index in [4.69, 9.17) is 10.5 Å². The number of anilines is 1. The summed E-state index contributed by atoms with van der Waals surface area (Å²) < 4.78 is 18.3. The van der Waals surface area contributed by atoms with Crippen LogP contribution in [-0.4, -0.2) is 0 Å². The van der Waals surface area contributed by atoms with Crippen molar-refractivity contribution in [3.05, 3.63) is 59.9 Å². The molecule has 16 heavy (non-hydrogen) atoms. The van der Waals surface area contributed by atoms with Gasteiger partial charge in [-0.1, -0.05) is 24.3 Å². The lowest BCUT2D eigenvalue weighted by Crippen LogP contribution is -2.00. The molecule has 2 rings (SSSR count). The average molecular weight is 217 g/mol. The Morgan fingerprint density at radius 3 is 2.50 bits per heavy atom. The fourth-order valence-corrected chi connectivity index (χ4v) is 1.38. The third kappa shape index (κ3) is 2.51. The van der Waals surface area contributed by atoms with E-state index in [1.54, 1.807) is 6.07 Å². The summed E-state index contributed by atoms with van der Waals surface area (Å²) in [5.41, 5.74) is 6.86. The fourth-order valence-electron chi connectivity index (χ4n) is 1.38. The molecule has 0 unspecified atom stereocenters. The van der Waals surface area contributed by atoms with Gasteiger partial charge >= 0.3 is 0 Å². The van der Waals surface area contributed by atoms with Crippen molar-refractivity contribution in [1.82, 2.24) is 0 Å². The van der Waals surface area contributed by atoms with Crippen molar-refractivity contribution < 1.29 is 9.13 Å². The third-order valence-electron chi connectivity index (χ3n) is 2.25. The number of benzene rings is 2. The van der Waals surface area contributed by atoms with Crippen LogP contribution in [0.15, 0.2) is 48.5 Å². The molecule has 0 saturated heterocycles. The highest BCUT2D eigenvalue weighted by molar-refractivity contribution is 5.46. The number of halogens is 1. The van der Waals surface area contributed by atoms with Crippen molar-refractivity contribution in [2.75, 3.05) is 5.73 Å². The van der Waals surface area contributed by atoms with E-state index >= 15 is 0 Å². The molecule has 0 aromatic heterocycles. The third-order valence-corrected chi connectivity index (χ3v) is 2.25. The van der Waals surface area contributed by atoms with Crippen molar-refractivity contribution in [1.29, 1.82) is 0 Å². The minimum absolute atomic E-state index is 0.332. The molecule has 0 fully saturated rings. The largest absolute Gasteiger partial charge is 0.489 e. The number of para-hydroxylation sites is 1. The average Bonchev–Trinajstić information content (AvgIpc) is 2.29. The smallest absolute Gasteiger partial charge is 0.125 e. The lowest BCUT2D eigenvalue weighted by atomic mass is 10.2. The zero-order valence-electron chi connectivity index (χ0n) is 8.69. The van der Waals surface area contributed by atoms with E-state index in [9.17, 15) is 4.39 Å². The minimum atomic E-state index is -0.332. The van der Waals surface area contributed by atoms with E-state index in [-0.39, 0.29) is 5.82 Å². The topological polar surface area (TPSA) is 35.2 Å². The molecular weight excluding hydrogens is 205 g/mol. The first-order valence-electron chi connectivity index (χ1n) is 4.97. The summed E-state index contributed by atoms with van der Waals surface area (Å²) in [6.45, 7) is 0.343. The van der Waals surface area contributed by atoms with Gasteiger partial charge in [-0.25, -0.2) is 4.39 Å². The van der Waals surface area contributed by atoms with Crippen LogP contribution in [0.1, 0.15) is 5.56 Å². The summed E-state index contributed by atoms with van der Waals surface area (Å²) in [5, 5.41) is 0. The zero-order valence-corrected chi connectivity index (χ0v) is 8.69. The Morgan fingerprint density at radius 1 is 1.06 bits per heavy atom. The van der Waals surface area contributed by atoms with Gasteiger partial charge in [0.15, 0.2) is 0 Å². The molecule has 0 aliphatic heterocycles. The number of hydrogen-bond acceptors (Lipinski definition) is 2. The van der Waals surface area contributed by atoms with Crippen molar-refractivity contribution in [2.24, 2.45) is 0 Å². The van der Waals surface area contributed by atoms with Crippen molar-refractivity contribution >= 4 is 5.69 Å². The van der Waals surface area contributed by atoms with Gasteiger partial charge in [-0.05, 0) is 24.3 Å². The highest BCUT2D eigenvalue weighted by Gasteiger charge is 2.01. The summed E-state index contributed by atoms with van der Waals surface area (Å²) >= 11 is 0. The maximum absolute atomic E-state index is 12.8. The zero-order chi connectivity index (χ0) is 11.4. The number of ether oxygens (including phenoxy) is 1. The van der Waals surface area contributed by atoms with Gasteiger partial charge in [-0.3, -0.25) is 0 Å². The Morgan fingerprint density at radius 2 is 1.81 bits per heavy atom. The lowest BCUT2D eigenvalue weighted by molar-refractivity contribution is 0.307. The molecule has 0 radical (unpaired) electrons. The molecular formula is C13H12FNO. The van der Waals surface area contributed by atoms with Gasteiger partial charge in [0.2, 0.25) is 0 Å². The van der Waals surface area contributed by atoms with Gasteiger partial charge in [0, 0.05) is 11.3 Å². The normalized spacial score (nSPS) is 10.1. The van der Waals surface area contributed by atoms with Crippen LogP contribution >= 0.6 is 0 Å². The predicted octanol–water partition coefficient (Wildman–Crippen LogP) is 2.99. The van der Waals surface area contributed by atoms with Gasteiger partial charge in [-0.15, -0.1) is 0 Å². The molecule has 2 N–H and O–H groups in total. The second kappa shape index (κ2) is 4.66. The molecule has 0 amide bonds. The molecule has 2 aromatic rings. The van der Waals surface area contributed by atoms with Gasteiger partial charge in [0.05, 0.1) is 0 Å². The van der Waals surface area contributed by atoms with Crippen LogP contribution in [0.2, 0.25) is 0 Å². The van der Waals surface area contributed by atoms with E-state index in [0.29, 0.717) is 12.3 Å². The van der Waals surface area contributed by atoms with Crippen LogP contribution in [0.4, 0.5) is 10.1 Å². The van der Waals surface area contributed by atoms with Crippen LogP contribution in [0.25, 0.3) is 0 Å². The predicted molar refractivity (Wildman–Crippen MR) is 61.6 cm³/mol. The van der Waals surface area contributed by atoms with Crippen LogP contribution in [0, 0.1) is 5.82 Å². The van der Waals surface area contributed by atoms with Crippen LogP contribution in [0.5, 0.6) is 5.75 Å². The van der Waals surface area contributed by atoms with Gasteiger partial charge in [-0.2, -0.15) is 0 Å². The van der Waals surface area contributed by atoms with Crippen molar-refractivity contribution in [2.45, 2.75) is 6.61 Å². The maximum atomic E-state index is 12.8. The summed E-state index contributed by atoms with van der Waals surface area (Å²) in [6, 6.07) is 13.7. The summed E-state index contributed by atoms with van der Waals surface area (Å²) in [7, 11) is 0. The van der Waals surface area contributed by atoms with E-state index < -0.39 is 0 Å². The minimum Gasteiger partial charge on any atom is -0.489 e. The van der Waals surface area contributed by atoms with E-state index in [1.165, 1.54) is 12.1 Å². The van der Waals surface area contributed by atoms with Crippen LogP contribution < -0.4 is 10.5 Å². The van der Waals surface area contributed by atoms with Crippen LogP contribution in [-0.2, 0) is 6.61 Å². The quantitative estimate of drug-likeness (QED) is 0.802. The second-order valence-corrected chi connectivity index (χ2v) is 3.44. The molecule has 3 heteroatoms. The van der Waals surface area contributed by atoms with Crippen molar-refractivity contribution in [3.8, 4) is 5.75 Å². The summed E-state index contributed by atoms with van der Waals surface area (Å²) in [6.07, 6.45) is 0. The Bertz CT molecular complexity index is 471. The van der Waals surface area contributed by atoms with E-state index in [1.807, 2.05) is 30.3 Å². The summed E-state index contributed by atoms with van der Waals surface area (Å²) in [5.74, 6) is 0.437. The van der Waals surface area contributed by atoms with E-state index in [0.717, 1.165) is 11.3 Å².